The van der Waals surface area contributed by atoms with Crippen LogP contribution < -0.4 is 4.72 Å². The summed E-state index contributed by atoms with van der Waals surface area (Å²) in [4.78, 5) is 0. The summed E-state index contributed by atoms with van der Waals surface area (Å²) in [6.07, 6.45) is 1.36. The Hall–Kier alpha value is -0.730. The second-order valence-corrected chi connectivity index (χ2v) is 6.35. The van der Waals surface area contributed by atoms with Crippen molar-refractivity contribution < 1.29 is 12.6 Å². The van der Waals surface area contributed by atoms with Crippen LogP contribution in [0.15, 0.2) is 17.3 Å². The summed E-state index contributed by atoms with van der Waals surface area (Å²) in [5.41, 5.74) is 0. The van der Waals surface area contributed by atoms with Crippen LogP contribution in [0.5, 0.6) is 0 Å². The number of rotatable bonds is 6. The van der Waals surface area contributed by atoms with Gasteiger partial charge in [0.2, 0.25) is 0 Å². The molecule has 0 bridgehead atoms. The zero-order valence-electron chi connectivity index (χ0n) is 8.26. The van der Waals surface area contributed by atoms with Crippen molar-refractivity contribution in [1.29, 1.82) is 0 Å². The van der Waals surface area contributed by atoms with E-state index in [-0.39, 0.29) is 11.6 Å². The maximum Gasteiger partial charge on any atom is 0.257 e. The van der Waals surface area contributed by atoms with Gasteiger partial charge in [-0.2, -0.15) is 5.10 Å². The van der Waals surface area contributed by atoms with Crippen molar-refractivity contribution in [2.75, 3.05) is 18.1 Å². The van der Waals surface area contributed by atoms with E-state index in [1.54, 1.807) is 6.92 Å². The molecule has 0 saturated carbocycles. The second-order valence-electron chi connectivity index (χ2n) is 2.75. The number of hydrogen-bond donors (Lipinski definition) is 2. The number of aromatic nitrogens is 2. The lowest BCUT2D eigenvalue weighted by Crippen LogP contribution is -2.28. The third kappa shape index (κ3) is 3.73. The van der Waals surface area contributed by atoms with Gasteiger partial charge in [0, 0.05) is 28.9 Å². The lowest BCUT2D eigenvalue weighted by atomic mass is 10.8. The van der Waals surface area contributed by atoms with Gasteiger partial charge in [-0.1, -0.05) is 6.92 Å². The van der Waals surface area contributed by atoms with E-state index in [0.717, 1.165) is 0 Å². The van der Waals surface area contributed by atoms with Crippen molar-refractivity contribution in [1.82, 2.24) is 14.9 Å². The largest absolute Gasteiger partial charge is 0.266 e. The maximum absolute atomic E-state index is 11.5. The Labute approximate surface area is 91.0 Å². The lowest BCUT2D eigenvalue weighted by Gasteiger charge is -2.03. The summed E-state index contributed by atoms with van der Waals surface area (Å²) in [6.45, 7) is 1.96. The van der Waals surface area contributed by atoms with Crippen molar-refractivity contribution in [2.24, 2.45) is 0 Å². The molecule has 6 nitrogen and oxygen atoms in total. The van der Waals surface area contributed by atoms with E-state index < -0.39 is 20.8 Å². The van der Waals surface area contributed by atoms with Gasteiger partial charge < -0.3 is 0 Å². The highest BCUT2D eigenvalue weighted by molar-refractivity contribution is 7.89. The first kappa shape index (κ1) is 12.3. The maximum atomic E-state index is 11.5. The number of nitrogens with one attached hydrogen (secondary N) is 2. The molecule has 1 unspecified atom stereocenters. The number of hydrogen-bond acceptors (Lipinski definition) is 4. The predicted octanol–water partition coefficient (Wildman–Crippen LogP) is -0.543. The van der Waals surface area contributed by atoms with Crippen LogP contribution in [0.3, 0.4) is 0 Å². The van der Waals surface area contributed by atoms with Gasteiger partial charge in [0.05, 0.1) is 6.20 Å². The minimum atomic E-state index is -3.52. The predicted molar refractivity (Wildman–Crippen MR) is 57.3 cm³/mol. The topological polar surface area (TPSA) is 91.9 Å². The molecule has 15 heavy (non-hydrogen) atoms. The molecular weight excluding hydrogens is 238 g/mol. The molecule has 0 aliphatic heterocycles. The molecule has 1 atom stereocenters. The van der Waals surface area contributed by atoms with E-state index in [1.165, 1.54) is 12.3 Å². The Balaban J connectivity index is 2.49. The first-order valence-electron chi connectivity index (χ1n) is 4.40. The molecule has 1 heterocycles. The standard InChI is InChI=1S/C7H13N3O3S2/c1-2-14(11)6-5-9-15(12,13)7-3-4-8-10-7/h3-4,9H,2,5-6H2,1H3,(H,8,10). The van der Waals surface area contributed by atoms with Gasteiger partial charge in [-0.05, 0) is 6.07 Å². The molecule has 1 aromatic heterocycles. The van der Waals surface area contributed by atoms with Crippen molar-refractivity contribution in [3.63, 3.8) is 0 Å². The molecule has 1 rings (SSSR count). The summed E-state index contributed by atoms with van der Waals surface area (Å²) in [7, 11) is -4.48. The van der Waals surface area contributed by atoms with Crippen LogP contribution in [0.2, 0.25) is 0 Å². The van der Waals surface area contributed by atoms with Crippen LogP contribution in [0.25, 0.3) is 0 Å². The summed E-state index contributed by atoms with van der Waals surface area (Å²) in [6, 6.07) is 1.36. The molecule has 0 radical (unpaired) electrons. The minimum Gasteiger partial charge on any atom is -0.266 e. The minimum absolute atomic E-state index is 0.0183. The summed E-state index contributed by atoms with van der Waals surface area (Å²) in [5.74, 6) is 0.857. The Morgan fingerprint density at radius 3 is 2.87 bits per heavy atom. The highest BCUT2D eigenvalue weighted by Crippen LogP contribution is 2.01. The van der Waals surface area contributed by atoms with Gasteiger partial charge >= 0.3 is 0 Å². The van der Waals surface area contributed by atoms with Crippen LogP contribution in [-0.2, 0) is 20.8 Å². The first-order chi connectivity index (χ1) is 7.06. The molecule has 0 aromatic carbocycles. The van der Waals surface area contributed by atoms with E-state index in [1.807, 2.05) is 0 Å². The average molecular weight is 251 g/mol. The molecule has 8 heteroatoms. The van der Waals surface area contributed by atoms with Crippen molar-refractivity contribution in [2.45, 2.75) is 11.9 Å². The molecule has 86 valence electrons. The Bertz CT molecular complexity index is 413. The number of nitrogens with zero attached hydrogens (tertiary/aromatic N) is 1. The van der Waals surface area contributed by atoms with Crippen LogP contribution >= 0.6 is 0 Å². The highest BCUT2D eigenvalue weighted by Gasteiger charge is 2.14. The van der Waals surface area contributed by atoms with Gasteiger partial charge in [-0.25, -0.2) is 13.1 Å². The zero-order chi connectivity index (χ0) is 11.3. The average Bonchev–Trinajstić information content (AvgIpc) is 2.70. The highest BCUT2D eigenvalue weighted by atomic mass is 32.2. The lowest BCUT2D eigenvalue weighted by molar-refractivity contribution is 0.579. The van der Waals surface area contributed by atoms with E-state index in [4.69, 9.17) is 0 Å². The molecular formula is C7H13N3O3S2. The van der Waals surface area contributed by atoms with Gasteiger partial charge in [-0.3, -0.25) is 9.31 Å². The second kappa shape index (κ2) is 5.38. The van der Waals surface area contributed by atoms with E-state index >= 15 is 0 Å². The Morgan fingerprint density at radius 2 is 2.33 bits per heavy atom. The Kier molecular flexibility index (Phi) is 4.43. The van der Waals surface area contributed by atoms with Gasteiger partial charge in [0.1, 0.15) is 0 Å². The zero-order valence-corrected chi connectivity index (χ0v) is 9.90. The molecule has 0 spiro atoms. The molecule has 0 amide bonds. The van der Waals surface area contributed by atoms with Crippen LogP contribution in [0.4, 0.5) is 0 Å². The molecule has 0 fully saturated rings. The Morgan fingerprint density at radius 1 is 1.60 bits per heavy atom. The molecule has 0 saturated heterocycles. The van der Waals surface area contributed by atoms with Gasteiger partial charge in [0.15, 0.2) is 5.03 Å². The van der Waals surface area contributed by atoms with E-state index in [2.05, 4.69) is 14.9 Å². The fourth-order valence-corrected chi connectivity index (χ4v) is 2.59. The molecule has 0 aliphatic carbocycles. The quantitative estimate of drug-likeness (QED) is 0.710. The smallest absolute Gasteiger partial charge is 0.257 e. The SMILES string of the molecule is CCS(=O)CCNS(=O)(=O)c1ccn[nH]1. The van der Waals surface area contributed by atoms with E-state index in [0.29, 0.717) is 11.5 Å². The number of aromatic amines is 1. The van der Waals surface area contributed by atoms with Gasteiger partial charge in [0.25, 0.3) is 10.0 Å². The van der Waals surface area contributed by atoms with Crippen LogP contribution in [0.1, 0.15) is 6.92 Å². The summed E-state index contributed by atoms with van der Waals surface area (Å²) >= 11 is 0. The summed E-state index contributed by atoms with van der Waals surface area (Å²) in [5, 5.41) is 5.92. The molecule has 0 aliphatic rings. The van der Waals surface area contributed by atoms with Crippen LogP contribution in [0, 0.1) is 0 Å². The fraction of sp³-hybridized carbons (Fsp3) is 0.571. The van der Waals surface area contributed by atoms with Gasteiger partial charge in [-0.15, -0.1) is 0 Å². The van der Waals surface area contributed by atoms with E-state index in [9.17, 15) is 12.6 Å². The third-order valence-electron chi connectivity index (χ3n) is 1.71. The first-order valence-corrected chi connectivity index (χ1v) is 7.37. The molecule has 2 N–H and O–H groups in total. The van der Waals surface area contributed by atoms with Crippen molar-refractivity contribution in [3.8, 4) is 0 Å². The summed E-state index contributed by atoms with van der Waals surface area (Å²) < 4.78 is 36.3. The third-order valence-corrected chi connectivity index (χ3v) is 4.40. The number of sulfonamides is 1. The van der Waals surface area contributed by atoms with Crippen molar-refractivity contribution >= 4 is 20.8 Å². The van der Waals surface area contributed by atoms with Crippen LogP contribution in [-0.4, -0.2) is 40.9 Å². The number of H-pyrrole nitrogens is 1. The fourth-order valence-electron chi connectivity index (χ4n) is 0.905. The van der Waals surface area contributed by atoms with Crippen molar-refractivity contribution in [3.05, 3.63) is 12.3 Å². The monoisotopic (exact) mass is 251 g/mol. The normalized spacial score (nSPS) is 13.9. The molecule has 1 aromatic rings.